The van der Waals surface area contributed by atoms with Crippen molar-refractivity contribution in [2.45, 2.75) is 13.8 Å². The molecule has 2 heteroatoms. The summed E-state index contributed by atoms with van der Waals surface area (Å²) in [5, 5.41) is 0. The molecule has 0 radical (unpaired) electrons. The first-order valence-corrected chi connectivity index (χ1v) is 7.18. The van der Waals surface area contributed by atoms with Gasteiger partial charge < -0.3 is 0 Å². The first-order valence-electron chi connectivity index (χ1n) is 7.18. The van der Waals surface area contributed by atoms with Gasteiger partial charge in [-0.25, -0.2) is 9.97 Å². The Labute approximate surface area is 130 Å². The van der Waals surface area contributed by atoms with Crippen LogP contribution in [0.5, 0.6) is 0 Å². The van der Waals surface area contributed by atoms with Crippen LogP contribution in [0, 0.1) is 25.7 Å². The summed E-state index contributed by atoms with van der Waals surface area (Å²) in [5.74, 6) is 6.61. The van der Waals surface area contributed by atoms with Gasteiger partial charge in [-0.05, 0) is 37.5 Å². The lowest BCUT2D eigenvalue weighted by atomic mass is 10.1. The average Bonchev–Trinajstić information content (AvgIpc) is 2.56. The molecule has 0 N–H and O–H groups in total. The number of aromatic nitrogens is 2. The van der Waals surface area contributed by atoms with Crippen LogP contribution in [-0.4, -0.2) is 9.97 Å². The predicted molar refractivity (Wildman–Crippen MR) is 89.4 cm³/mol. The number of benzene rings is 2. The van der Waals surface area contributed by atoms with Crippen molar-refractivity contribution >= 4 is 0 Å². The lowest BCUT2D eigenvalue weighted by Gasteiger charge is -2.01. The van der Waals surface area contributed by atoms with Crippen molar-refractivity contribution in [1.82, 2.24) is 9.97 Å². The van der Waals surface area contributed by atoms with E-state index in [4.69, 9.17) is 0 Å². The third-order valence-electron chi connectivity index (χ3n) is 3.41. The fourth-order valence-electron chi connectivity index (χ4n) is 2.05. The van der Waals surface area contributed by atoms with Crippen LogP contribution in [0.1, 0.15) is 22.5 Å². The summed E-state index contributed by atoms with van der Waals surface area (Å²) >= 11 is 0. The highest BCUT2D eigenvalue weighted by Gasteiger charge is 1.99. The third-order valence-corrected chi connectivity index (χ3v) is 3.41. The monoisotopic (exact) mass is 284 g/mol. The van der Waals surface area contributed by atoms with Crippen molar-refractivity contribution in [3.8, 4) is 23.0 Å². The molecule has 0 bridgehead atoms. The van der Waals surface area contributed by atoms with Gasteiger partial charge in [0.05, 0.1) is 0 Å². The van der Waals surface area contributed by atoms with Crippen LogP contribution in [0.4, 0.5) is 0 Å². The van der Waals surface area contributed by atoms with Crippen molar-refractivity contribution in [2.75, 3.05) is 0 Å². The van der Waals surface area contributed by atoms with E-state index in [0.717, 1.165) is 16.7 Å². The zero-order valence-corrected chi connectivity index (χ0v) is 12.7. The van der Waals surface area contributed by atoms with Gasteiger partial charge in [-0.1, -0.05) is 53.4 Å². The van der Waals surface area contributed by atoms with Gasteiger partial charge in [0.25, 0.3) is 0 Å². The van der Waals surface area contributed by atoms with Gasteiger partial charge in [0.1, 0.15) is 0 Å². The molecular weight excluding hydrogens is 268 g/mol. The molecule has 0 aliphatic carbocycles. The minimum atomic E-state index is 0.538. The zero-order chi connectivity index (χ0) is 15.4. The minimum absolute atomic E-state index is 0.538. The summed E-state index contributed by atoms with van der Waals surface area (Å²) < 4.78 is 0. The highest BCUT2D eigenvalue weighted by molar-refractivity contribution is 5.61. The van der Waals surface area contributed by atoms with Gasteiger partial charge in [0, 0.05) is 23.5 Å². The molecule has 22 heavy (non-hydrogen) atoms. The Morgan fingerprint density at radius 1 is 0.636 bits per heavy atom. The van der Waals surface area contributed by atoms with Gasteiger partial charge in [0.2, 0.25) is 5.82 Å². The predicted octanol–water partition coefficient (Wildman–Crippen LogP) is 4.16. The van der Waals surface area contributed by atoms with Gasteiger partial charge in [0.15, 0.2) is 0 Å². The quantitative estimate of drug-likeness (QED) is 0.627. The van der Waals surface area contributed by atoms with E-state index >= 15 is 0 Å². The van der Waals surface area contributed by atoms with E-state index in [9.17, 15) is 0 Å². The smallest absolute Gasteiger partial charge is 0.205 e. The van der Waals surface area contributed by atoms with Crippen molar-refractivity contribution in [1.29, 1.82) is 0 Å². The molecule has 0 fully saturated rings. The second-order valence-electron chi connectivity index (χ2n) is 5.28. The fraction of sp³-hybridized carbons (Fsp3) is 0.100. The average molecular weight is 284 g/mol. The van der Waals surface area contributed by atoms with E-state index in [1.165, 1.54) is 11.1 Å². The van der Waals surface area contributed by atoms with Crippen LogP contribution in [0.25, 0.3) is 11.1 Å². The van der Waals surface area contributed by atoms with Gasteiger partial charge in [-0.3, -0.25) is 0 Å². The Kier molecular flexibility index (Phi) is 3.98. The van der Waals surface area contributed by atoms with Crippen LogP contribution in [0.15, 0.2) is 60.9 Å². The zero-order valence-electron chi connectivity index (χ0n) is 12.7. The van der Waals surface area contributed by atoms with Gasteiger partial charge in [-0.2, -0.15) is 0 Å². The number of hydrogen-bond acceptors (Lipinski definition) is 2. The van der Waals surface area contributed by atoms with Crippen LogP contribution < -0.4 is 0 Å². The third kappa shape index (κ3) is 3.39. The molecule has 2 nitrogen and oxygen atoms in total. The Bertz CT molecular complexity index is 818. The van der Waals surface area contributed by atoms with Gasteiger partial charge >= 0.3 is 0 Å². The minimum Gasteiger partial charge on any atom is -0.229 e. The summed E-state index contributed by atoms with van der Waals surface area (Å²) in [6.07, 6.45) is 3.63. The van der Waals surface area contributed by atoms with Crippen LogP contribution in [0.3, 0.4) is 0 Å². The normalized spacial score (nSPS) is 9.91. The highest BCUT2D eigenvalue weighted by atomic mass is 14.8. The number of nitrogens with zero attached hydrogens (tertiary/aromatic N) is 2. The van der Waals surface area contributed by atoms with Crippen molar-refractivity contribution in [3.05, 3.63) is 83.4 Å². The summed E-state index contributed by atoms with van der Waals surface area (Å²) in [6.45, 7) is 4.13. The van der Waals surface area contributed by atoms with Crippen LogP contribution >= 0.6 is 0 Å². The largest absolute Gasteiger partial charge is 0.229 e. The standard InChI is InChI=1S/C20H16N2/c1-15-3-7-17(8-4-15)9-12-20-21-13-19(14-22-20)18-10-5-16(2)6-11-18/h3-8,10-11,13-14H,1-2H3. The first kappa shape index (κ1) is 14.0. The van der Waals surface area contributed by atoms with Gasteiger partial charge in [-0.15, -0.1) is 0 Å². The Morgan fingerprint density at radius 2 is 1.18 bits per heavy atom. The lowest BCUT2D eigenvalue weighted by Crippen LogP contribution is -1.89. The molecule has 0 aliphatic heterocycles. The van der Waals surface area contributed by atoms with E-state index in [1.54, 1.807) is 0 Å². The maximum Gasteiger partial charge on any atom is 0.205 e. The molecule has 0 unspecified atom stereocenters. The Balaban J connectivity index is 1.80. The topological polar surface area (TPSA) is 25.8 Å². The highest BCUT2D eigenvalue weighted by Crippen LogP contribution is 2.17. The molecule has 0 spiro atoms. The second-order valence-corrected chi connectivity index (χ2v) is 5.28. The number of rotatable bonds is 1. The summed E-state index contributed by atoms with van der Waals surface area (Å²) in [5.41, 5.74) is 5.55. The first-order chi connectivity index (χ1) is 10.7. The Hall–Kier alpha value is -2.92. The van der Waals surface area contributed by atoms with E-state index in [2.05, 4.69) is 59.9 Å². The molecule has 0 saturated carbocycles. The Morgan fingerprint density at radius 3 is 1.77 bits per heavy atom. The number of hydrogen-bond donors (Lipinski definition) is 0. The van der Waals surface area contributed by atoms with Crippen molar-refractivity contribution in [2.24, 2.45) is 0 Å². The van der Waals surface area contributed by atoms with Crippen molar-refractivity contribution < 1.29 is 0 Å². The molecule has 1 heterocycles. The summed E-state index contributed by atoms with van der Waals surface area (Å²) in [6, 6.07) is 16.4. The van der Waals surface area contributed by atoms with Crippen LogP contribution in [0.2, 0.25) is 0 Å². The molecule has 3 rings (SSSR count). The van der Waals surface area contributed by atoms with E-state index in [0.29, 0.717) is 5.82 Å². The maximum atomic E-state index is 4.33. The summed E-state index contributed by atoms with van der Waals surface area (Å²) in [7, 11) is 0. The lowest BCUT2D eigenvalue weighted by molar-refractivity contribution is 1.13. The SMILES string of the molecule is Cc1ccc(C#Cc2ncc(-c3ccc(C)cc3)cn2)cc1. The van der Waals surface area contributed by atoms with E-state index in [1.807, 2.05) is 36.7 Å². The molecule has 3 aromatic rings. The fourth-order valence-corrected chi connectivity index (χ4v) is 2.05. The molecule has 1 aromatic heterocycles. The summed E-state index contributed by atoms with van der Waals surface area (Å²) in [4.78, 5) is 8.65. The molecule has 106 valence electrons. The molecular formula is C20H16N2. The second kappa shape index (κ2) is 6.24. The van der Waals surface area contributed by atoms with E-state index < -0.39 is 0 Å². The molecule has 2 aromatic carbocycles. The van der Waals surface area contributed by atoms with Crippen LogP contribution in [-0.2, 0) is 0 Å². The molecule has 0 saturated heterocycles. The van der Waals surface area contributed by atoms with E-state index in [-0.39, 0.29) is 0 Å². The van der Waals surface area contributed by atoms with Crippen molar-refractivity contribution in [3.63, 3.8) is 0 Å². The molecule has 0 atom stereocenters. The molecule has 0 amide bonds. The number of aryl methyl sites for hydroxylation is 2. The molecule has 0 aliphatic rings. The maximum absolute atomic E-state index is 4.33.